The summed E-state index contributed by atoms with van der Waals surface area (Å²) in [6.07, 6.45) is 1.26. The molecule has 44 heavy (non-hydrogen) atoms. The van der Waals surface area contributed by atoms with E-state index in [1.165, 1.54) is 34.9 Å². The molecule has 0 unspecified atom stereocenters. The molecular formula is C32H36F2N8O2. The minimum atomic E-state index is -0.830. The van der Waals surface area contributed by atoms with E-state index in [4.69, 9.17) is 5.73 Å². The molecule has 12 heteroatoms. The van der Waals surface area contributed by atoms with E-state index in [0.29, 0.717) is 42.5 Å². The van der Waals surface area contributed by atoms with E-state index >= 15 is 8.78 Å². The number of pyridine rings is 1. The van der Waals surface area contributed by atoms with Crippen LogP contribution in [0.1, 0.15) is 63.7 Å². The zero-order valence-corrected chi connectivity index (χ0v) is 25.7. The number of carbonyl (C=O) groups is 1. The van der Waals surface area contributed by atoms with E-state index in [9.17, 15) is 9.59 Å². The molecule has 1 atom stereocenters. The first-order valence-corrected chi connectivity index (χ1v) is 14.6. The van der Waals surface area contributed by atoms with Crippen LogP contribution in [-0.2, 0) is 4.79 Å². The Bertz CT molecular complexity index is 1800. The van der Waals surface area contributed by atoms with Crippen LogP contribution in [0.3, 0.4) is 0 Å². The fourth-order valence-corrected chi connectivity index (χ4v) is 5.74. The van der Waals surface area contributed by atoms with Gasteiger partial charge in [-0.3, -0.25) is 4.79 Å². The lowest BCUT2D eigenvalue weighted by Crippen LogP contribution is -2.54. The molecule has 0 saturated carbocycles. The molecule has 10 nitrogen and oxygen atoms in total. The third-order valence-corrected chi connectivity index (χ3v) is 7.84. The van der Waals surface area contributed by atoms with Crippen molar-refractivity contribution in [1.29, 1.82) is 0 Å². The van der Waals surface area contributed by atoms with Gasteiger partial charge in [-0.2, -0.15) is 4.98 Å². The minimum absolute atomic E-state index is 0.0000327. The summed E-state index contributed by atoms with van der Waals surface area (Å²) in [5.74, 6) is -1.27. The highest BCUT2D eigenvalue weighted by Crippen LogP contribution is 2.36. The van der Waals surface area contributed by atoms with Crippen molar-refractivity contribution in [2.24, 2.45) is 0 Å². The second-order valence-corrected chi connectivity index (χ2v) is 11.7. The zero-order valence-electron chi connectivity index (χ0n) is 25.7. The lowest BCUT2D eigenvalue weighted by Gasteiger charge is -2.40. The average Bonchev–Trinajstić information content (AvgIpc) is 2.96. The summed E-state index contributed by atoms with van der Waals surface area (Å²) in [4.78, 5) is 48.5. The first-order valence-electron chi connectivity index (χ1n) is 14.6. The third kappa shape index (κ3) is 5.29. The summed E-state index contributed by atoms with van der Waals surface area (Å²) in [5.41, 5.74) is 6.57. The van der Waals surface area contributed by atoms with Crippen molar-refractivity contribution in [3.8, 4) is 16.9 Å². The normalized spacial score (nSPS) is 15.5. The van der Waals surface area contributed by atoms with Gasteiger partial charge in [0.25, 0.3) is 0 Å². The summed E-state index contributed by atoms with van der Waals surface area (Å²) in [6, 6.07) is 5.01. The Balaban J connectivity index is 1.88. The van der Waals surface area contributed by atoms with Gasteiger partial charge in [-0.25, -0.2) is 33.1 Å². The van der Waals surface area contributed by atoms with E-state index in [1.807, 2.05) is 39.5 Å². The largest absolute Gasteiger partial charge is 0.398 e. The van der Waals surface area contributed by atoms with Crippen molar-refractivity contribution < 1.29 is 13.6 Å². The number of piperazine rings is 1. The number of hydrogen-bond acceptors (Lipinski definition) is 8. The van der Waals surface area contributed by atoms with E-state index in [-0.39, 0.29) is 57.6 Å². The second kappa shape index (κ2) is 11.7. The van der Waals surface area contributed by atoms with E-state index in [1.54, 1.807) is 11.8 Å². The van der Waals surface area contributed by atoms with Crippen LogP contribution in [0.4, 0.5) is 20.3 Å². The summed E-state index contributed by atoms with van der Waals surface area (Å²) < 4.78 is 32.5. The van der Waals surface area contributed by atoms with E-state index in [2.05, 4.69) is 26.5 Å². The summed E-state index contributed by atoms with van der Waals surface area (Å²) in [5, 5.41) is 0.237. The van der Waals surface area contributed by atoms with Gasteiger partial charge in [-0.15, -0.1) is 0 Å². The number of aromatic nitrogens is 5. The molecule has 2 N–H and O–H groups in total. The Morgan fingerprint density at radius 2 is 1.70 bits per heavy atom. The highest BCUT2D eigenvalue weighted by Gasteiger charge is 2.31. The Hall–Kier alpha value is -4.74. The van der Waals surface area contributed by atoms with Gasteiger partial charge >= 0.3 is 5.69 Å². The Morgan fingerprint density at radius 1 is 1.05 bits per heavy atom. The molecule has 230 valence electrons. The summed E-state index contributed by atoms with van der Waals surface area (Å²) >= 11 is 0. The second-order valence-electron chi connectivity index (χ2n) is 11.7. The van der Waals surface area contributed by atoms with Crippen molar-refractivity contribution in [1.82, 2.24) is 29.4 Å². The summed E-state index contributed by atoms with van der Waals surface area (Å²) in [6.45, 7) is 16.1. The molecule has 1 aromatic carbocycles. The van der Waals surface area contributed by atoms with Crippen LogP contribution in [0.15, 0.2) is 41.7 Å². The number of carbonyl (C=O) groups excluding carboxylic acids is 1. The molecular weight excluding hydrogens is 566 g/mol. The molecule has 1 aliphatic heterocycles. The Kier molecular flexibility index (Phi) is 8.19. The fraction of sp³-hybridized carbons (Fsp3) is 0.375. The van der Waals surface area contributed by atoms with Crippen LogP contribution in [0.5, 0.6) is 0 Å². The molecule has 1 amide bonds. The lowest BCUT2D eigenvalue weighted by atomic mass is 10.0. The van der Waals surface area contributed by atoms with Gasteiger partial charge < -0.3 is 15.5 Å². The number of rotatable bonds is 6. The van der Waals surface area contributed by atoms with Crippen molar-refractivity contribution >= 4 is 28.4 Å². The molecule has 5 rings (SSSR count). The van der Waals surface area contributed by atoms with Crippen LogP contribution >= 0.6 is 0 Å². The number of anilines is 2. The highest BCUT2D eigenvalue weighted by molar-refractivity contribution is 5.92. The Labute approximate surface area is 254 Å². The van der Waals surface area contributed by atoms with Crippen LogP contribution in [0, 0.1) is 18.6 Å². The van der Waals surface area contributed by atoms with Gasteiger partial charge in [0.2, 0.25) is 5.91 Å². The standard InChI is InChI=1S/C32H36F2N8O2/c1-8-24(43)40-12-13-41(18(6)15-40)30-20-14-22(34)28(25-21(33)10-9-11-23(25)35)38-31(20)42(32(44)39-30)29-26(16(2)3)36-19(7)37-27(29)17(4)5/h8-11,14,16-18H,1,12-13,15,35H2,2-7H3/t18-/m0/s1. The van der Waals surface area contributed by atoms with Crippen LogP contribution in [0.25, 0.3) is 28.0 Å². The molecule has 0 aliphatic carbocycles. The number of hydrogen-bond donors (Lipinski definition) is 1. The molecule has 0 radical (unpaired) electrons. The Morgan fingerprint density at radius 3 is 2.27 bits per heavy atom. The minimum Gasteiger partial charge on any atom is -0.398 e. The molecule has 0 spiro atoms. The number of nitrogen functional groups attached to an aromatic ring is 1. The average molecular weight is 603 g/mol. The SMILES string of the molecule is C=CC(=O)N1CCN(c2nc(=O)n(-c3c(C(C)C)nc(C)nc3C(C)C)c3nc(-c4c(N)cccc4F)c(F)cc23)[C@@H](C)C1. The first-order chi connectivity index (χ1) is 20.8. The van der Waals surface area contributed by atoms with Gasteiger partial charge in [-0.1, -0.05) is 40.3 Å². The van der Waals surface area contributed by atoms with Crippen LogP contribution in [-0.4, -0.2) is 61.0 Å². The summed E-state index contributed by atoms with van der Waals surface area (Å²) in [7, 11) is 0. The van der Waals surface area contributed by atoms with Gasteiger partial charge in [0.05, 0.1) is 28.0 Å². The maximum atomic E-state index is 16.0. The van der Waals surface area contributed by atoms with Gasteiger partial charge in [-0.05, 0) is 50.0 Å². The number of amides is 1. The van der Waals surface area contributed by atoms with E-state index < -0.39 is 17.3 Å². The number of halogens is 2. The van der Waals surface area contributed by atoms with Gasteiger partial charge in [0.15, 0.2) is 11.5 Å². The van der Waals surface area contributed by atoms with Crippen LogP contribution < -0.4 is 16.3 Å². The van der Waals surface area contributed by atoms with Crippen molar-refractivity contribution in [3.63, 3.8) is 0 Å². The van der Waals surface area contributed by atoms with Crippen LogP contribution in [0.2, 0.25) is 0 Å². The number of nitrogens with two attached hydrogens (primary N) is 1. The maximum absolute atomic E-state index is 16.0. The molecule has 1 saturated heterocycles. The van der Waals surface area contributed by atoms with E-state index in [0.717, 1.165) is 0 Å². The quantitative estimate of drug-likeness (QED) is 0.245. The smallest absolute Gasteiger partial charge is 0.355 e. The fourth-order valence-electron chi connectivity index (χ4n) is 5.74. The number of fused-ring (bicyclic) bond motifs is 1. The number of benzene rings is 1. The predicted molar refractivity (Wildman–Crippen MR) is 167 cm³/mol. The molecule has 4 aromatic rings. The lowest BCUT2D eigenvalue weighted by molar-refractivity contribution is -0.126. The molecule has 1 fully saturated rings. The van der Waals surface area contributed by atoms with Gasteiger partial charge in [0.1, 0.15) is 23.2 Å². The predicted octanol–water partition coefficient (Wildman–Crippen LogP) is 4.88. The maximum Gasteiger partial charge on any atom is 0.355 e. The van der Waals surface area contributed by atoms with Crippen molar-refractivity contribution in [2.45, 2.75) is 59.4 Å². The number of nitrogens with zero attached hydrogens (tertiary/aromatic N) is 7. The monoisotopic (exact) mass is 602 g/mol. The zero-order chi connectivity index (χ0) is 32.0. The molecule has 3 aromatic heterocycles. The first kappa shape index (κ1) is 30.7. The van der Waals surface area contributed by atoms with Crippen molar-refractivity contribution in [3.05, 3.63) is 76.3 Å². The molecule has 4 heterocycles. The number of aryl methyl sites for hydroxylation is 1. The third-order valence-electron chi connectivity index (χ3n) is 7.84. The highest BCUT2D eigenvalue weighted by atomic mass is 19.1. The van der Waals surface area contributed by atoms with Gasteiger partial charge in [0, 0.05) is 31.4 Å². The molecule has 1 aliphatic rings. The topological polar surface area (TPSA) is 123 Å². The molecule has 0 bridgehead atoms. The van der Waals surface area contributed by atoms with Crippen molar-refractivity contribution in [2.75, 3.05) is 30.3 Å².